The predicted molar refractivity (Wildman–Crippen MR) is 64.5 cm³/mol. The maximum absolute atomic E-state index is 13.0. The maximum atomic E-state index is 13.0. The van der Waals surface area contributed by atoms with Gasteiger partial charge in [0.1, 0.15) is 5.82 Å². The van der Waals surface area contributed by atoms with Gasteiger partial charge in [0.05, 0.1) is 5.69 Å². The summed E-state index contributed by atoms with van der Waals surface area (Å²) < 4.78 is 13.9. The van der Waals surface area contributed by atoms with Crippen LogP contribution in [0, 0.1) is 11.7 Å². The average Bonchev–Trinajstić information content (AvgIpc) is 2.95. The van der Waals surface area contributed by atoms with E-state index in [0.717, 1.165) is 16.1 Å². The van der Waals surface area contributed by atoms with Crippen molar-refractivity contribution in [2.24, 2.45) is 5.92 Å². The Kier molecular flexibility index (Phi) is 3.29. The second kappa shape index (κ2) is 4.52. The Morgan fingerprint density at radius 2 is 2.27 bits per heavy atom. The Bertz CT molecular complexity index is 349. The molecule has 0 bridgehead atoms. The third-order valence-electron chi connectivity index (χ3n) is 2.71. The molecule has 82 valence electrons. The Hall–Kier alpha value is -0.570. The van der Waals surface area contributed by atoms with Crippen LogP contribution >= 0.6 is 15.9 Å². The Morgan fingerprint density at radius 3 is 2.93 bits per heavy atom. The zero-order chi connectivity index (χ0) is 10.8. The monoisotopic (exact) mass is 271 g/mol. The zero-order valence-electron chi connectivity index (χ0n) is 8.76. The first-order valence-corrected chi connectivity index (χ1v) is 6.16. The molecule has 0 radical (unpaired) electrons. The molecule has 0 spiro atoms. The van der Waals surface area contributed by atoms with E-state index in [2.05, 4.69) is 28.2 Å². The molecule has 1 N–H and O–H groups in total. The molecule has 1 aliphatic carbocycles. The molecule has 0 heterocycles. The molecule has 1 saturated carbocycles. The van der Waals surface area contributed by atoms with E-state index < -0.39 is 0 Å². The Labute approximate surface area is 98.2 Å². The van der Waals surface area contributed by atoms with Crippen LogP contribution in [0.1, 0.15) is 26.2 Å². The minimum Gasteiger partial charge on any atom is -0.382 e. The summed E-state index contributed by atoms with van der Waals surface area (Å²) in [6, 6.07) is 5.14. The van der Waals surface area contributed by atoms with Crippen LogP contribution in [0.2, 0.25) is 0 Å². The number of benzene rings is 1. The van der Waals surface area contributed by atoms with Crippen LogP contribution in [0.3, 0.4) is 0 Å². The number of halogens is 2. The summed E-state index contributed by atoms with van der Waals surface area (Å²) in [5.74, 6) is 0.694. The lowest BCUT2D eigenvalue weighted by Gasteiger charge is -2.16. The lowest BCUT2D eigenvalue weighted by Crippen LogP contribution is -2.16. The summed E-state index contributed by atoms with van der Waals surface area (Å²) in [5.41, 5.74) is 0.850. The van der Waals surface area contributed by atoms with Crippen molar-refractivity contribution >= 4 is 21.6 Å². The fourth-order valence-corrected chi connectivity index (χ4v) is 2.15. The van der Waals surface area contributed by atoms with Crippen LogP contribution in [-0.4, -0.2) is 6.04 Å². The van der Waals surface area contributed by atoms with Gasteiger partial charge in [0.25, 0.3) is 0 Å². The van der Waals surface area contributed by atoms with E-state index in [4.69, 9.17) is 0 Å². The quantitative estimate of drug-likeness (QED) is 0.866. The molecule has 1 aliphatic rings. The van der Waals surface area contributed by atoms with E-state index in [9.17, 15) is 4.39 Å². The van der Waals surface area contributed by atoms with Crippen molar-refractivity contribution in [1.29, 1.82) is 0 Å². The maximum Gasteiger partial charge on any atom is 0.125 e. The van der Waals surface area contributed by atoms with Gasteiger partial charge in [-0.3, -0.25) is 0 Å². The summed E-state index contributed by atoms with van der Waals surface area (Å²) in [7, 11) is 0. The van der Waals surface area contributed by atoms with E-state index in [1.807, 2.05) is 0 Å². The minimum atomic E-state index is -0.195. The lowest BCUT2D eigenvalue weighted by atomic mass is 10.1. The molecule has 0 aliphatic heterocycles. The van der Waals surface area contributed by atoms with Crippen molar-refractivity contribution in [1.82, 2.24) is 0 Å². The highest BCUT2D eigenvalue weighted by Gasteiger charge is 2.23. The SMILES string of the molecule is CC(CC1CC1)Nc1cc(F)ccc1Br. The summed E-state index contributed by atoms with van der Waals surface area (Å²) in [6.45, 7) is 2.15. The van der Waals surface area contributed by atoms with Crippen molar-refractivity contribution in [3.05, 3.63) is 28.5 Å². The topological polar surface area (TPSA) is 12.0 Å². The van der Waals surface area contributed by atoms with Gasteiger partial charge in [0.15, 0.2) is 0 Å². The largest absolute Gasteiger partial charge is 0.382 e. The van der Waals surface area contributed by atoms with Crippen molar-refractivity contribution in [2.75, 3.05) is 5.32 Å². The molecular weight excluding hydrogens is 257 g/mol. The van der Waals surface area contributed by atoms with Crippen molar-refractivity contribution in [2.45, 2.75) is 32.2 Å². The average molecular weight is 272 g/mol. The molecule has 3 heteroatoms. The third kappa shape index (κ3) is 3.20. The fourth-order valence-electron chi connectivity index (χ4n) is 1.79. The van der Waals surface area contributed by atoms with Gasteiger partial charge in [-0.2, -0.15) is 0 Å². The third-order valence-corrected chi connectivity index (χ3v) is 3.41. The molecule has 1 aromatic rings. The van der Waals surface area contributed by atoms with Gasteiger partial charge in [-0.15, -0.1) is 0 Å². The number of hydrogen-bond acceptors (Lipinski definition) is 1. The van der Waals surface area contributed by atoms with Gasteiger partial charge >= 0.3 is 0 Å². The molecule has 1 fully saturated rings. The molecule has 1 atom stereocenters. The van der Waals surface area contributed by atoms with E-state index >= 15 is 0 Å². The van der Waals surface area contributed by atoms with Crippen LogP contribution < -0.4 is 5.32 Å². The van der Waals surface area contributed by atoms with Crippen LogP contribution in [0.5, 0.6) is 0 Å². The number of hydrogen-bond donors (Lipinski definition) is 1. The molecule has 1 aromatic carbocycles. The van der Waals surface area contributed by atoms with Gasteiger partial charge in [-0.1, -0.05) is 12.8 Å². The van der Waals surface area contributed by atoms with Gasteiger partial charge in [-0.05, 0) is 53.4 Å². The standard InChI is InChI=1S/C12H15BrFN/c1-8(6-9-2-3-9)15-12-7-10(14)4-5-11(12)13/h4-5,7-9,15H,2-3,6H2,1H3. The van der Waals surface area contributed by atoms with Crippen molar-refractivity contribution < 1.29 is 4.39 Å². The highest BCUT2D eigenvalue weighted by Crippen LogP contribution is 2.34. The summed E-state index contributed by atoms with van der Waals surface area (Å²) in [4.78, 5) is 0. The first kappa shape index (κ1) is 10.9. The van der Waals surface area contributed by atoms with Gasteiger partial charge in [0.2, 0.25) is 0 Å². The molecule has 15 heavy (non-hydrogen) atoms. The first-order valence-electron chi connectivity index (χ1n) is 5.37. The number of nitrogens with one attached hydrogen (secondary N) is 1. The number of anilines is 1. The number of rotatable bonds is 4. The van der Waals surface area contributed by atoms with E-state index in [1.54, 1.807) is 6.07 Å². The Balaban J connectivity index is 1.98. The second-order valence-electron chi connectivity index (χ2n) is 4.35. The molecule has 0 amide bonds. The normalized spacial score (nSPS) is 17.5. The lowest BCUT2D eigenvalue weighted by molar-refractivity contribution is 0.623. The highest BCUT2D eigenvalue weighted by atomic mass is 79.9. The van der Waals surface area contributed by atoms with Crippen LogP contribution in [0.15, 0.2) is 22.7 Å². The predicted octanol–water partition coefficient (Wildman–Crippen LogP) is 4.19. The summed E-state index contributed by atoms with van der Waals surface area (Å²) in [6.07, 6.45) is 3.90. The summed E-state index contributed by atoms with van der Waals surface area (Å²) >= 11 is 3.41. The summed E-state index contributed by atoms with van der Waals surface area (Å²) in [5, 5.41) is 3.34. The Morgan fingerprint density at radius 1 is 1.53 bits per heavy atom. The molecular formula is C12H15BrFN. The fraction of sp³-hybridized carbons (Fsp3) is 0.500. The van der Waals surface area contributed by atoms with Gasteiger partial charge < -0.3 is 5.32 Å². The molecule has 0 aromatic heterocycles. The van der Waals surface area contributed by atoms with Crippen molar-refractivity contribution in [3.8, 4) is 0 Å². The smallest absolute Gasteiger partial charge is 0.125 e. The molecule has 2 rings (SSSR count). The minimum absolute atomic E-state index is 0.195. The second-order valence-corrected chi connectivity index (χ2v) is 5.20. The van der Waals surface area contributed by atoms with Crippen LogP contribution in [0.4, 0.5) is 10.1 Å². The van der Waals surface area contributed by atoms with Crippen LogP contribution in [0.25, 0.3) is 0 Å². The van der Waals surface area contributed by atoms with Crippen LogP contribution in [-0.2, 0) is 0 Å². The highest BCUT2D eigenvalue weighted by molar-refractivity contribution is 9.10. The van der Waals surface area contributed by atoms with Gasteiger partial charge in [0, 0.05) is 10.5 Å². The van der Waals surface area contributed by atoms with E-state index in [-0.39, 0.29) is 5.82 Å². The molecule has 1 nitrogen and oxygen atoms in total. The molecule has 1 unspecified atom stereocenters. The van der Waals surface area contributed by atoms with Gasteiger partial charge in [-0.25, -0.2) is 4.39 Å². The molecule has 0 saturated heterocycles. The van der Waals surface area contributed by atoms with E-state index in [1.165, 1.54) is 31.4 Å². The van der Waals surface area contributed by atoms with E-state index in [0.29, 0.717) is 6.04 Å². The first-order chi connectivity index (χ1) is 7.15. The zero-order valence-corrected chi connectivity index (χ0v) is 10.3. The van der Waals surface area contributed by atoms with Crippen molar-refractivity contribution in [3.63, 3.8) is 0 Å².